The third-order valence-corrected chi connectivity index (χ3v) is 14.4. The Labute approximate surface area is 362 Å². The Morgan fingerprint density at radius 3 is 1.38 bits per heavy atom. The van der Waals surface area contributed by atoms with Crippen LogP contribution in [0, 0.1) is 0 Å². The zero-order valence-electron chi connectivity index (χ0n) is 35.4. The van der Waals surface area contributed by atoms with Crippen LogP contribution in [0.5, 0.6) is 0 Å². The Morgan fingerprint density at radius 1 is 0.459 bits per heavy atom. The molecular formula is C58H51N2P. The van der Waals surface area contributed by atoms with Gasteiger partial charge in [-0.1, -0.05) is 173 Å². The number of benzene rings is 9. The summed E-state index contributed by atoms with van der Waals surface area (Å²) in [5.41, 5.74) is 14.7. The standard InChI is InChI=1S/C58H51N2P/c1-5-61-57(2,3)44-32-30-41(31-33-44)40-58(4)53-38-47(59(45-22-8-6-9-23-45)55-28-16-20-42-18-12-14-26-49(42)55)34-36-51(53)52-37-35-48(39-54(52)58)60(46-24-10-7-11-25-46)56-29-17-21-43-19-13-15-27-50(43)56/h6-39,61H,5,40H2,1-4H3. The third-order valence-electron chi connectivity index (χ3n) is 12.9. The SMILES string of the molecule is CCPC(C)(C)c1ccc(CC2(C)c3cc(N(c4ccccc4)c4cccc5ccccc45)ccc3-c3ccc(N(c4ccccc4)c4cccc5ccccc45)cc32)cc1. The van der Waals surface area contributed by atoms with Gasteiger partial charge in [0.25, 0.3) is 0 Å². The van der Waals surface area contributed by atoms with Crippen LogP contribution in [0.2, 0.25) is 0 Å². The Morgan fingerprint density at radius 2 is 0.902 bits per heavy atom. The Hall–Kier alpha value is -6.47. The molecule has 0 saturated heterocycles. The molecule has 9 aromatic rings. The van der Waals surface area contributed by atoms with Gasteiger partial charge in [0, 0.05) is 44.1 Å². The van der Waals surface area contributed by atoms with E-state index in [4.69, 9.17) is 0 Å². The van der Waals surface area contributed by atoms with Crippen molar-refractivity contribution in [3.05, 3.63) is 229 Å². The molecule has 0 fully saturated rings. The summed E-state index contributed by atoms with van der Waals surface area (Å²) in [6.45, 7) is 9.56. The molecule has 0 aromatic heterocycles. The molecule has 0 saturated carbocycles. The van der Waals surface area contributed by atoms with E-state index in [0.29, 0.717) is 0 Å². The van der Waals surface area contributed by atoms with Gasteiger partial charge in [0.15, 0.2) is 0 Å². The molecule has 0 radical (unpaired) electrons. The molecule has 0 aliphatic heterocycles. The van der Waals surface area contributed by atoms with E-state index in [1.807, 2.05) is 0 Å². The maximum atomic E-state index is 2.49. The number of nitrogens with zero attached hydrogens (tertiary/aromatic N) is 2. The first-order valence-corrected chi connectivity index (χ1v) is 22.8. The van der Waals surface area contributed by atoms with Gasteiger partial charge < -0.3 is 9.80 Å². The summed E-state index contributed by atoms with van der Waals surface area (Å²) in [7, 11) is 0.889. The molecule has 0 heterocycles. The molecule has 9 aromatic carbocycles. The van der Waals surface area contributed by atoms with Crippen LogP contribution in [0.15, 0.2) is 206 Å². The van der Waals surface area contributed by atoms with Crippen molar-refractivity contribution in [3.63, 3.8) is 0 Å². The summed E-state index contributed by atoms with van der Waals surface area (Å²) >= 11 is 0. The largest absolute Gasteiger partial charge is 0.310 e. The molecule has 3 heteroatoms. The first-order chi connectivity index (χ1) is 29.8. The van der Waals surface area contributed by atoms with Crippen LogP contribution in [-0.2, 0) is 17.0 Å². The molecule has 1 aliphatic rings. The molecule has 1 unspecified atom stereocenters. The number of fused-ring (bicyclic) bond motifs is 5. The highest BCUT2D eigenvalue weighted by molar-refractivity contribution is 7.39. The minimum absolute atomic E-state index is 0.165. The first-order valence-electron chi connectivity index (χ1n) is 21.6. The molecule has 0 amide bonds. The van der Waals surface area contributed by atoms with E-state index in [1.54, 1.807) is 0 Å². The maximum Gasteiger partial charge on any atom is 0.0540 e. The molecule has 1 aliphatic carbocycles. The number of rotatable bonds is 11. The van der Waals surface area contributed by atoms with Crippen LogP contribution in [0.4, 0.5) is 34.1 Å². The fraction of sp³-hybridized carbons (Fsp3) is 0.138. The lowest BCUT2D eigenvalue weighted by atomic mass is 9.75. The minimum Gasteiger partial charge on any atom is -0.310 e. The van der Waals surface area contributed by atoms with E-state index in [9.17, 15) is 0 Å². The van der Waals surface area contributed by atoms with E-state index in [2.05, 4.69) is 244 Å². The number of hydrogen-bond donors (Lipinski definition) is 0. The van der Waals surface area contributed by atoms with Crippen LogP contribution < -0.4 is 9.80 Å². The van der Waals surface area contributed by atoms with E-state index in [0.717, 1.165) is 37.8 Å². The second-order valence-electron chi connectivity index (χ2n) is 17.2. The smallest absolute Gasteiger partial charge is 0.0540 e. The highest BCUT2D eigenvalue weighted by atomic mass is 31.1. The summed E-state index contributed by atoms with van der Waals surface area (Å²) in [5.74, 6) is 0. The lowest BCUT2D eigenvalue weighted by Gasteiger charge is -2.32. The lowest BCUT2D eigenvalue weighted by molar-refractivity contribution is 0.583. The second kappa shape index (κ2) is 15.9. The zero-order chi connectivity index (χ0) is 41.6. The van der Waals surface area contributed by atoms with Gasteiger partial charge in [0.2, 0.25) is 0 Å². The van der Waals surface area contributed by atoms with Gasteiger partial charge in [0.1, 0.15) is 0 Å². The van der Waals surface area contributed by atoms with Gasteiger partial charge in [0.05, 0.1) is 11.4 Å². The Bertz CT molecular complexity index is 2820. The molecule has 298 valence electrons. The fourth-order valence-electron chi connectivity index (χ4n) is 9.87. The molecule has 1 atom stereocenters. The number of hydrogen-bond acceptors (Lipinski definition) is 2. The van der Waals surface area contributed by atoms with Crippen molar-refractivity contribution in [1.29, 1.82) is 0 Å². The molecule has 0 N–H and O–H groups in total. The maximum absolute atomic E-state index is 2.49. The van der Waals surface area contributed by atoms with Crippen LogP contribution >= 0.6 is 8.58 Å². The van der Waals surface area contributed by atoms with Gasteiger partial charge in [-0.2, -0.15) is 0 Å². The van der Waals surface area contributed by atoms with Crippen molar-refractivity contribution in [1.82, 2.24) is 0 Å². The second-order valence-corrected chi connectivity index (χ2v) is 19.5. The van der Waals surface area contributed by atoms with Crippen molar-refractivity contribution in [2.45, 2.75) is 44.7 Å². The van der Waals surface area contributed by atoms with Crippen molar-refractivity contribution in [2.24, 2.45) is 0 Å². The molecule has 2 nitrogen and oxygen atoms in total. The van der Waals surface area contributed by atoms with Gasteiger partial charge in [-0.05, 0) is 117 Å². The van der Waals surface area contributed by atoms with Gasteiger partial charge in [-0.25, -0.2) is 0 Å². The highest BCUT2D eigenvalue weighted by Crippen LogP contribution is 2.54. The van der Waals surface area contributed by atoms with E-state index >= 15 is 0 Å². The molecule has 0 spiro atoms. The van der Waals surface area contributed by atoms with E-state index < -0.39 is 0 Å². The zero-order valence-corrected chi connectivity index (χ0v) is 36.4. The number of para-hydroxylation sites is 2. The van der Waals surface area contributed by atoms with Crippen LogP contribution in [0.1, 0.15) is 49.9 Å². The lowest BCUT2D eigenvalue weighted by Crippen LogP contribution is -2.25. The first kappa shape index (κ1) is 38.7. The monoisotopic (exact) mass is 806 g/mol. The van der Waals surface area contributed by atoms with Crippen LogP contribution in [-0.4, -0.2) is 6.16 Å². The third kappa shape index (κ3) is 7.00. The van der Waals surface area contributed by atoms with Crippen LogP contribution in [0.3, 0.4) is 0 Å². The average Bonchev–Trinajstić information content (AvgIpc) is 3.53. The molecule has 10 rings (SSSR count). The average molecular weight is 807 g/mol. The summed E-state index contributed by atoms with van der Waals surface area (Å²) in [6.07, 6.45) is 2.07. The van der Waals surface area contributed by atoms with Crippen molar-refractivity contribution >= 4 is 64.2 Å². The topological polar surface area (TPSA) is 6.48 Å². The van der Waals surface area contributed by atoms with Gasteiger partial charge in [-0.15, -0.1) is 8.58 Å². The fourth-order valence-corrected chi connectivity index (χ4v) is 11.1. The molecule has 0 bridgehead atoms. The molecular weight excluding hydrogens is 756 g/mol. The quantitative estimate of drug-likeness (QED) is 0.120. The van der Waals surface area contributed by atoms with E-state index in [-0.39, 0.29) is 10.6 Å². The summed E-state index contributed by atoms with van der Waals surface area (Å²) in [6, 6.07) is 76.4. The summed E-state index contributed by atoms with van der Waals surface area (Å²) in [5, 5.41) is 5.08. The van der Waals surface area contributed by atoms with Crippen LogP contribution in [0.25, 0.3) is 32.7 Å². The van der Waals surface area contributed by atoms with E-state index in [1.165, 1.54) is 72.5 Å². The minimum atomic E-state index is -0.332. The predicted octanol–water partition coefficient (Wildman–Crippen LogP) is 16.4. The number of anilines is 6. The molecule has 61 heavy (non-hydrogen) atoms. The van der Waals surface area contributed by atoms with Crippen molar-refractivity contribution < 1.29 is 0 Å². The Kier molecular flexibility index (Phi) is 10.1. The predicted molar refractivity (Wildman–Crippen MR) is 265 cm³/mol. The van der Waals surface area contributed by atoms with Gasteiger partial charge in [-0.3, -0.25) is 0 Å². The Balaban J connectivity index is 1.16. The summed E-state index contributed by atoms with van der Waals surface area (Å²) < 4.78 is 0. The summed E-state index contributed by atoms with van der Waals surface area (Å²) in [4.78, 5) is 4.89. The van der Waals surface area contributed by atoms with Crippen molar-refractivity contribution in [2.75, 3.05) is 16.0 Å². The van der Waals surface area contributed by atoms with Crippen molar-refractivity contribution in [3.8, 4) is 11.1 Å². The van der Waals surface area contributed by atoms with Gasteiger partial charge >= 0.3 is 0 Å². The highest BCUT2D eigenvalue weighted by Gasteiger charge is 2.41. The normalized spacial score (nSPS) is 13.1.